The van der Waals surface area contributed by atoms with Crippen molar-refractivity contribution in [3.05, 3.63) is 0 Å². The molecule has 0 aliphatic carbocycles. The van der Waals surface area contributed by atoms with E-state index in [9.17, 15) is 4.79 Å². The van der Waals surface area contributed by atoms with Crippen LogP contribution < -0.4 is 0 Å². The maximum Gasteiger partial charge on any atom is 0.223 e. The molecule has 0 aliphatic rings. The molecule has 0 rings (SSSR count). The lowest BCUT2D eigenvalue weighted by Gasteiger charge is -1.99. The standard InChI is InChI=1S/C5H9NO3/c1-3(8)5(6)4(9)2-7/h4,6-7,9H,2H2,1H3/p+1. The molecule has 0 spiro atoms. The van der Waals surface area contributed by atoms with Gasteiger partial charge in [0, 0.05) is 6.92 Å². The highest BCUT2D eigenvalue weighted by atomic mass is 16.3. The number of hydrogen-bond donors (Lipinski definition) is 2. The van der Waals surface area contributed by atoms with Gasteiger partial charge in [-0.3, -0.25) is 10.2 Å². The van der Waals surface area contributed by atoms with Crippen LogP contribution in [0.3, 0.4) is 0 Å². The molecule has 52 valence electrons. The Bertz CT molecular complexity index is 132. The Morgan fingerprint density at radius 2 is 2.33 bits per heavy atom. The van der Waals surface area contributed by atoms with E-state index in [4.69, 9.17) is 15.6 Å². The fraction of sp³-hybridized carbons (Fsp3) is 0.600. The average molecular weight is 132 g/mol. The first-order chi connectivity index (χ1) is 4.09. The number of Topliss-reactive ketones (excluding diaryl/α,β-unsaturated/α-hetero) is 1. The molecular weight excluding hydrogens is 122 g/mol. The molecule has 4 nitrogen and oxygen atoms in total. The van der Waals surface area contributed by atoms with E-state index < -0.39 is 18.5 Å². The summed E-state index contributed by atoms with van der Waals surface area (Å²) in [6.45, 7) is 0.748. The molecule has 0 bridgehead atoms. The van der Waals surface area contributed by atoms with Crippen molar-refractivity contribution in [2.45, 2.75) is 13.0 Å². The van der Waals surface area contributed by atoms with Crippen molar-refractivity contribution in [2.75, 3.05) is 6.61 Å². The lowest BCUT2D eigenvalue weighted by molar-refractivity contribution is -0.111. The Morgan fingerprint density at radius 1 is 1.89 bits per heavy atom. The van der Waals surface area contributed by atoms with E-state index in [0.29, 0.717) is 0 Å². The van der Waals surface area contributed by atoms with E-state index in [1.54, 1.807) is 0 Å². The first-order valence-electron chi connectivity index (χ1n) is 2.51. The topological polar surface area (TPSA) is 84.0 Å². The van der Waals surface area contributed by atoms with Crippen molar-refractivity contribution in [3.8, 4) is 0 Å². The Labute approximate surface area is 52.6 Å². The van der Waals surface area contributed by atoms with E-state index in [1.807, 2.05) is 0 Å². The van der Waals surface area contributed by atoms with Gasteiger partial charge < -0.3 is 10.2 Å². The number of hydrogen-bond acceptors (Lipinski definition) is 3. The molecule has 0 heterocycles. The van der Waals surface area contributed by atoms with Gasteiger partial charge in [-0.25, -0.2) is 0 Å². The number of aliphatic hydroxyl groups excluding tert-OH is 1. The van der Waals surface area contributed by atoms with Crippen LogP contribution in [0.25, 0.3) is 0 Å². The van der Waals surface area contributed by atoms with E-state index in [2.05, 4.69) is 0 Å². The van der Waals surface area contributed by atoms with Gasteiger partial charge in [-0.1, -0.05) is 0 Å². The molecule has 1 atom stereocenters. The maximum absolute atomic E-state index is 10.3. The molecule has 1 unspecified atom stereocenters. The SMILES string of the molecule is CC(=O)C(=N)C([OH2+])CO. The van der Waals surface area contributed by atoms with Crippen LogP contribution in [0.5, 0.6) is 0 Å². The van der Waals surface area contributed by atoms with Crippen LogP contribution in [0, 0.1) is 5.41 Å². The Morgan fingerprint density at radius 3 is 2.44 bits per heavy atom. The average Bonchev–Trinajstić information content (AvgIpc) is 1.84. The molecule has 4 heteroatoms. The van der Waals surface area contributed by atoms with Crippen molar-refractivity contribution in [3.63, 3.8) is 0 Å². The first kappa shape index (κ1) is 8.26. The molecule has 0 fully saturated rings. The monoisotopic (exact) mass is 132 g/mol. The molecule has 4 N–H and O–H groups in total. The molecule has 0 aromatic rings. The van der Waals surface area contributed by atoms with Crippen molar-refractivity contribution < 1.29 is 15.0 Å². The molecule has 0 aliphatic heterocycles. The molecule has 0 aromatic heterocycles. The third-order valence-corrected chi connectivity index (χ3v) is 0.910. The summed E-state index contributed by atoms with van der Waals surface area (Å²) < 4.78 is 0. The maximum atomic E-state index is 10.3. The van der Waals surface area contributed by atoms with Gasteiger partial charge in [0.15, 0.2) is 11.5 Å². The third kappa shape index (κ3) is 2.34. The largest absolute Gasteiger partial charge is 0.437 e. The first-order valence-corrected chi connectivity index (χ1v) is 2.51. The van der Waals surface area contributed by atoms with Crippen molar-refractivity contribution in [1.29, 1.82) is 5.41 Å². The number of rotatable bonds is 3. The minimum Gasteiger partial charge on any atom is -0.437 e. The summed E-state index contributed by atoms with van der Waals surface area (Å²) in [4.78, 5) is 10.3. The summed E-state index contributed by atoms with van der Waals surface area (Å²) in [5.41, 5.74) is -0.336. The fourth-order valence-corrected chi connectivity index (χ4v) is 0.337. The molecule has 0 amide bonds. The molecule has 0 saturated carbocycles. The summed E-state index contributed by atoms with van der Waals surface area (Å²) in [6, 6.07) is 0. The number of carbonyl (C=O) groups is 1. The molecule has 0 aromatic carbocycles. The van der Waals surface area contributed by atoms with Gasteiger partial charge in [0.1, 0.15) is 6.61 Å². The number of aliphatic hydroxyl groups is 1. The predicted octanol–water partition coefficient (Wildman–Crippen LogP) is -1.32. The molecule has 0 radical (unpaired) electrons. The van der Waals surface area contributed by atoms with Crippen LogP contribution in [-0.4, -0.2) is 34.4 Å². The van der Waals surface area contributed by atoms with Crippen LogP contribution in [0.15, 0.2) is 0 Å². The predicted molar refractivity (Wildman–Crippen MR) is 32.9 cm³/mol. The Kier molecular flexibility index (Phi) is 3.05. The van der Waals surface area contributed by atoms with Crippen molar-refractivity contribution in [2.24, 2.45) is 0 Å². The van der Waals surface area contributed by atoms with Crippen LogP contribution in [0.1, 0.15) is 6.92 Å². The van der Waals surface area contributed by atoms with Crippen molar-refractivity contribution in [1.82, 2.24) is 0 Å². The molecule has 9 heavy (non-hydrogen) atoms. The zero-order valence-electron chi connectivity index (χ0n) is 5.14. The van der Waals surface area contributed by atoms with Crippen LogP contribution in [-0.2, 0) is 4.79 Å². The number of carbonyl (C=O) groups excluding carboxylic acids is 1. The van der Waals surface area contributed by atoms with Gasteiger partial charge in [-0.05, 0) is 0 Å². The van der Waals surface area contributed by atoms with Crippen molar-refractivity contribution >= 4 is 11.5 Å². The van der Waals surface area contributed by atoms with Gasteiger partial charge in [0.05, 0.1) is 0 Å². The second kappa shape index (κ2) is 3.32. The normalized spacial score (nSPS) is 12.8. The van der Waals surface area contributed by atoms with Gasteiger partial charge in [-0.15, -0.1) is 0 Å². The summed E-state index contributed by atoms with van der Waals surface area (Å²) in [5.74, 6) is -0.455. The quantitative estimate of drug-likeness (QED) is 0.368. The molecular formula is C5H10NO3+. The minimum atomic E-state index is -1.07. The highest BCUT2D eigenvalue weighted by Crippen LogP contribution is 1.85. The van der Waals surface area contributed by atoms with Gasteiger partial charge in [0.2, 0.25) is 6.10 Å². The van der Waals surface area contributed by atoms with E-state index >= 15 is 0 Å². The fourth-order valence-electron chi connectivity index (χ4n) is 0.337. The van der Waals surface area contributed by atoms with E-state index in [0.717, 1.165) is 0 Å². The lowest BCUT2D eigenvalue weighted by atomic mass is 10.2. The van der Waals surface area contributed by atoms with Gasteiger partial charge in [0.25, 0.3) is 0 Å². The van der Waals surface area contributed by atoms with Crippen LogP contribution in [0.2, 0.25) is 0 Å². The summed E-state index contributed by atoms with van der Waals surface area (Å²) in [6.07, 6.45) is -1.07. The third-order valence-electron chi connectivity index (χ3n) is 0.910. The lowest BCUT2D eigenvalue weighted by Crippen LogP contribution is -2.28. The smallest absolute Gasteiger partial charge is 0.223 e. The molecule has 0 saturated heterocycles. The zero-order valence-corrected chi connectivity index (χ0v) is 5.14. The van der Waals surface area contributed by atoms with E-state index in [-0.39, 0.29) is 5.71 Å². The number of ketones is 1. The second-order valence-electron chi connectivity index (χ2n) is 1.71. The summed E-state index contributed by atoms with van der Waals surface area (Å²) >= 11 is 0. The summed E-state index contributed by atoms with van der Waals surface area (Å²) in [7, 11) is 0. The van der Waals surface area contributed by atoms with Crippen LogP contribution >= 0.6 is 0 Å². The Balaban J connectivity index is 3.88. The highest BCUT2D eigenvalue weighted by Gasteiger charge is 2.17. The Hall–Kier alpha value is -0.740. The summed E-state index contributed by atoms with van der Waals surface area (Å²) in [5, 5.41) is 22.0. The van der Waals surface area contributed by atoms with Gasteiger partial charge >= 0.3 is 0 Å². The van der Waals surface area contributed by atoms with E-state index in [1.165, 1.54) is 6.92 Å². The van der Waals surface area contributed by atoms with Crippen LogP contribution in [0.4, 0.5) is 0 Å². The van der Waals surface area contributed by atoms with Gasteiger partial charge in [-0.2, -0.15) is 0 Å². The highest BCUT2D eigenvalue weighted by molar-refractivity contribution is 6.39. The number of nitrogens with one attached hydrogen (secondary N) is 1. The minimum absolute atomic E-state index is 0.336. The zero-order chi connectivity index (χ0) is 7.44. The second-order valence-corrected chi connectivity index (χ2v) is 1.71.